The predicted molar refractivity (Wildman–Crippen MR) is 72.4 cm³/mol. The van der Waals surface area contributed by atoms with Crippen LogP contribution in [0.1, 0.15) is 11.1 Å². The van der Waals surface area contributed by atoms with E-state index in [-0.39, 0.29) is 0 Å². The highest BCUT2D eigenvalue weighted by Crippen LogP contribution is 2.16. The van der Waals surface area contributed by atoms with Crippen molar-refractivity contribution in [2.45, 2.75) is 13.1 Å². The van der Waals surface area contributed by atoms with Gasteiger partial charge in [0.15, 0.2) is 0 Å². The SMILES string of the molecule is COc1cccc(CNc2ccncc2CN)c1. The van der Waals surface area contributed by atoms with Crippen molar-refractivity contribution in [2.24, 2.45) is 5.73 Å². The summed E-state index contributed by atoms with van der Waals surface area (Å²) in [4.78, 5) is 4.06. The van der Waals surface area contributed by atoms with Crippen molar-refractivity contribution >= 4 is 5.69 Å². The topological polar surface area (TPSA) is 60.2 Å². The lowest BCUT2D eigenvalue weighted by atomic mass is 10.2. The first kappa shape index (κ1) is 12.4. The van der Waals surface area contributed by atoms with Crippen molar-refractivity contribution in [1.82, 2.24) is 4.98 Å². The molecule has 4 heteroatoms. The van der Waals surface area contributed by atoms with Crippen molar-refractivity contribution in [2.75, 3.05) is 12.4 Å². The summed E-state index contributed by atoms with van der Waals surface area (Å²) < 4.78 is 5.19. The van der Waals surface area contributed by atoms with E-state index in [9.17, 15) is 0 Å². The van der Waals surface area contributed by atoms with Gasteiger partial charge in [0.25, 0.3) is 0 Å². The van der Waals surface area contributed by atoms with E-state index in [0.717, 1.165) is 29.1 Å². The molecule has 0 aliphatic carbocycles. The minimum absolute atomic E-state index is 0.480. The fourth-order valence-corrected chi connectivity index (χ4v) is 1.74. The van der Waals surface area contributed by atoms with Gasteiger partial charge in [-0.1, -0.05) is 12.1 Å². The quantitative estimate of drug-likeness (QED) is 0.844. The second-order valence-corrected chi connectivity index (χ2v) is 3.94. The number of methoxy groups -OCH3 is 1. The van der Waals surface area contributed by atoms with Crippen molar-refractivity contribution in [3.63, 3.8) is 0 Å². The summed E-state index contributed by atoms with van der Waals surface area (Å²) >= 11 is 0. The molecular weight excluding hydrogens is 226 g/mol. The maximum absolute atomic E-state index is 5.67. The van der Waals surface area contributed by atoms with Gasteiger partial charge in [0.2, 0.25) is 0 Å². The van der Waals surface area contributed by atoms with Gasteiger partial charge in [-0.25, -0.2) is 0 Å². The summed E-state index contributed by atoms with van der Waals surface area (Å²) in [6.45, 7) is 1.21. The summed E-state index contributed by atoms with van der Waals surface area (Å²) in [5.74, 6) is 0.864. The Morgan fingerprint density at radius 1 is 1.33 bits per heavy atom. The second-order valence-electron chi connectivity index (χ2n) is 3.94. The molecule has 0 radical (unpaired) electrons. The summed E-state index contributed by atoms with van der Waals surface area (Å²) in [6, 6.07) is 9.91. The number of benzene rings is 1. The largest absolute Gasteiger partial charge is 0.497 e. The number of ether oxygens (including phenoxy) is 1. The second kappa shape index (κ2) is 6.02. The molecule has 0 amide bonds. The molecule has 1 aromatic carbocycles. The molecule has 0 atom stereocenters. The van der Waals surface area contributed by atoms with E-state index >= 15 is 0 Å². The van der Waals surface area contributed by atoms with Crippen molar-refractivity contribution in [1.29, 1.82) is 0 Å². The van der Waals surface area contributed by atoms with Gasteiger partial charge in [-0.3, -0.25) is 4.98 Å². The van der Waals surface area contributed by atoms with Crippen LogP contribution in [0.15, 0.2) is 42.7 Å². The van der Waals surface area contributed by atoms with Crippen LogP contribution in [0, 0.1) is 0 Å². The van der Waals surface area contributed by atoms with Gasteiger partial charge in [0.05, 0.1) is 7.11 Å². The highest BCUT2D eigenvalue weighted by Gasteiger charge is 2.01. The zero-order valence-electron chi connectivity index (χ0n) is 10.4. The number of nitrogens with one attached hydrogen (secondary N) is 1. The molecule has 0 aliphatic heterocycles. The lowest BCUT2D eigenvalue weighted by Gasteiger charge is -2.10. The Kier molecular flexibility index (Phi) is 4.15. The first-order valence-electron chi connectivity index (χ1n) is 5.83. The fourth-order valence-electron chi connectivity index (χ4n) is 1.74. The molecule has 0 unspecified atom stereocenters. The number of hydrogen-bond acceptors (Lipinski definition) is 4. The monoisotopic (exact) mass is 243 g/mol. The third kappa shape index (κ3) is 2.99. The third-order valence-corrected chi connectivity index (χ3v) is 2.74. The van der Waals surface area contributed by atoms with E-state index in [0.29, 0.717) is 6.54 Å². The molecule has 2 aromatic rings. The molecule has 18 heavy (non-hydrogen) atoms. The van der Waals surface area contributed by atoms with E-state index in [1.54, 1.807) is 19.5 Å². The molecule has 1 heterocycles. The average molecular weight is 243 g/mol. The molecule has 0 saturated carbocycles. The standard InChI is InChI=1S/C14H17N3O/c1-18-13-4-2-3-11(7-13)9-17-14-5-6-16-10-12(14)8-15/h2-7,10H,8-9,15H2,1H3,(H,16,17). The van der Waals surface area contributed by atoms with Crippen molar-refractivity contribution < 1.29 is 4.74 Å². The lowest BCUT2D eigenvalue weighted by molar-refractivity contribution is 0.414. The minimum Gasteiger partial charge on any atom is -0.497 e. The maximum Gasteiger partial charge on any atom is 0.119 e. The van der Waals surface area contributed by atoms with Gasteiger partial charge in [0.1, 0.15) is 5.75 Å². The Morgan fingerprint density at radius 2 is 2.22 bits per heavy atom. The van der Waals surface area contributed by atoms with Crippen LogP contribution >= 0.6 is 0 Å². The van der Waals surface area contributed by atoms with E-state index < -0.39 is 0 Å². The number of rotatable bonds is 5. The summed E-state index contributed by atoms with van der Waals surface area (Å²) in [5.41, 5.74) is 8.86. The Labute approximate surface area is 107 Å². The van der Waals surface area contributed by atoms with Gasteiger partial charge in [-0.05, 0) is 23.8 Å². The van der Waals surface area contributed by atoms with Crippen LogP contribution in [0.4, 0.5) is 5.69 Å². The molecule has 4 nitrogen and oxygen atoms in total. The van der Waals surface area contributed by atoms with Crippen LogP contribution in [0.2, 0.25) is 0 Å². The summed E-state index contributed by atoms with van der Waals surface area (Å²) in [5, 5.41) is 3.36. The Balaban J connectivity index is 2.06. The predicted octanol–water partition coefficient (Wildman–Crippen LogP) is 2.16. The molecule has 0 aliphatic rings. The molecule has 1 aromatic heterocycles. The van der Waals surface area contributed by atoms with Crippen LogP contribution in [-0.2, 0) is 13.1 Å². The molecule has 2 rings (SSSR count). The highest BCUT2D eigenvalue weighted by molar-refractivity contribution is 5.49. The zero-order valence-corrected chi connectivity index (χ0v) is 10.4. The van der Waals surface area contributed by atoms with E-state index in [1.807, 2.05) is 24.3 Å². The Morgan fingerprint density at radius 3 is 3.00 bits per heavy atom. The normalized spacial score (nSPS) is 10.1. The van der Waals surface area contributed by atoms with E-state index in [1.165, 1.54) is 0 Å². The van der Waals surface area contributed by atoms with Crippen LogP contribution in [0.25, 0.3) is 0 Å². The summed E-state index contributed by atoms with van der Waals surface area (Å²) in [7, 11) is 1.67. The molecule has 0 fully saturated rings. The lowest BCUT2D eigenvalue weighted by Crippen LogP contribution is -2.06. The van der Waals surface area contributed by atoms with Crippen LogP contribution in [0.3, 0.4) is 0 Å². The van der Waals surface area contributed by atoms with Gasteiger partial charge in [-0.15, -0.1) is 0 Å². The Hall–Kier alpha value is -2.07. The van der Waals surface area contributed by atoms with Gasteiger partial charge in [-0.2, -0.15) is 0 Å². The molecular formula is C14H17N3O. The Bertz CT molecular complexity index is 514. The number of nitrogens with zero attached hydrogens (tertiary/aromatic N) is 1. The van der Waals surface area contributed by atoms with Crippen LogP contribution < -0.4 is 15.8 Å². The number of hydrogen-bond donors (Lipinski definition) is 2. The van der Waals surface area contributed by atoms with E-state index in [2.05, 4.69) is 16.4 Å². The van der Waals surface area contributed by atoms with E-state index in [4.69, 9.17) is 10.5 Å². The fraction of sp³-hybridized carbons (Fsp3) is 0.214. The number of aromatic nitrogens is 1. The van der Waals surface area contributed by atoms with Gasteiger partial charge < -0.3 is 15.8 Å². The van der Waals surface area contributed by atoms with Crippen LogP contribution in [0.5, 0.6) is 5.75 Å². The smallest absolute Gasteiger partial charge is 0.119 e. The molecule has 3 N–H and O–H groups in total. The molecule has 94 valence electrons. The minimum atomic E-state index is 0.480. The number of pyridine rings is 1. The van der Waals surface area contributed by atoms with Crippen LogP contribution in [-0.4, -0.2) is 12.1 Å². The van der Waals surface area contributed by atoms with Crippen molar-refractivity contribution in [3.05, 3.63) is 53.9 Å². The van der Waals surface area contributed by atoms with Gasteiger partial charge in [0, 0.05) is 36.7 Å². The first-order chi connectivity index (χ1) is 8.83. The molecule has 0 spiro atoms. The highest BCUT2D eigenvalue weighted by atomic mass is 16.5. The molecule has 0 saturated heterocycles. The summed E-state index contributed by atoms with van der Waals surface area (Å²) in [6.07, 6.45) is 3.54. The third-order valence-electron chi connectivity index (χ3n) is 2.74. The maximum atomic E-state index is 5.67. The first-order valence-corrected chi connectivity index (χ1v) is 5.83. The number of nitrogens with two attached hydrogens (primary N) is 1. The number of anilines is 1. The molecule has 0 bridgehead atoms. The van der Waals surface area contributed by atoms with Gasteiger partial charge >= 0.3 is 0 Å². The average Bonchev–Trinajstić information content (AvgIpc) is 2.45. The zero-order chi connectivity index (χ0) is 12.8. The van der Waals surface area contributed by atoms with Crippen molar-refractivity contribution in [3.8, 4) is 5.75 Å².